The summed E-state index contributed by atoms with van der Waals surface area (Å²) in [5.74, 6) is -0.0456. The minimum absolute atomic E-state index is 0.140. The van der Waals surface area contributed by atoms with Crippen LogP contribution in [0.15, 0.2) is 12.3 Å². The van der Waals surface area contributed by atoms with Crippen LogP contribution in [0.3, 0.4) is 0 Å². The van der Waals surface area contributed by atoms with Gasteiger partial charge in [0.1, 0.15) is 0 Å². The summed E-state index contributed by atoms with van der Waals surface area (Å²) in [7, 11) is 1.98. The van der Waals surface area contributed by atoms with Crippen LogP contribution in [-0.4, -0.2) is 42.5 Å². The Morgan fingerprint density at radius 1 is 1.20 bits per heavy atom. The number of Topliss-reactive ketones (excluding diaryl/α,β-unsaturated/α-hetero) is 1. The average molecular weight is 234 g/mol. The van der Waals surface area contributed by atoms with Crippen molar-refractivity contribution in [2.75, 3.05) is 27.9 Å². The smallest absolute Gasteiger partial charge is 0.491 e. The van der Waals surface area contributed by atoms with Crippen molar-refractivity contribution in [1.29, 1.82) is 0 Å². The summed E-state index contributed by atoms with van der Waals surface area (Å²) in [5, 5.41) is 0. The van der Waals surface area contributed by atoms with E-state index in [0.29, 0.717) is 12.7 Å². The Kier molecular flexibility index (Phi) is 6.42. The Morgan fingerprint density at radius 3 is 2.00 bits per heavy atom. The summed E-state index contributed by atoms with van der Waals surface area (Å²) in [6.07, 6.45) is 0. The van der Waals surface area contributed by atoms with Crippen molar-refractivity contribution < 1.29 is 22.8 Å². The first-order valence-electron chi connectivity index (χ1n) is 4.49. The van der Waals surface area contributed by atoms with Crippen molar-refractivity contribution in [3.63, 3.8) is 0 Å². The van der Waals surface area contributed by atoms with Gasteiger partial charge in [0.2, 0.25) is 0 Å². The molecule has 0 aliphatic rings. The van der Waals surface area contributed by atoms with Crippen molar-refractivity contribution in [2.24, 2.45) is 0 Å². The minimum Gasteiger partial charge on any atom is -0.491 e. The molecule has 0 saturated heterocycles. The van der Waals surface area contributed by atoms with Gasteiger partial charge in [-0.05, 0) is 0 Å². The molecule has 0 rings (SSSR count). The molecule has 0 aromatic heterocycles. The van der Waals surface area contributed by atoms with Gasteiger partial charge in [0.15, 0.2) is 11.5 Å². The molecular weight excluding hydrogens is 216 g/mol. The maximum Gasteiger partial charge on any atom is 0.503 e. The fraction of sp³-hybridized carbons (Fsp3) is 0.667. The molecule has 0 aromatic rings. The van der Waals surface area contributed by atoms with Crippen LogP contribution >= 0.6 is 0 Å². The number of rotatable bonds is 8. The van der Waals surface area contributed by atoms with E-state index in [4.69, 9.17) is 18.0 Å². The molecule has 0 aliphatic carbocycles. The lowest BCUT2D eigenvalue weighted by atomic mass is 10.4. The van der Waals surface area contributed by atoms with E-state index in [9.17, 15) is 4.79 Å². The molecule has 0 saturated carbocycles. The van der Waals surface area contributed by atoms with Crippen LogP contribution < -0.4 is 0 Å². The van der Waals surface area contributed by atoms with E-state index in [2.05, 4.69) is 6.58 Å². The van der Waals surface area contributed by atoms with Crippen LogP contribution in [0.2, 0.25) is 6.04 Å². The third-order valence-electron chi connectivity index (χ3n) is 2.01. The molecule has 0 N–H and O–H groups in total. The van der Waals surface area contributed by atoms with E-state index < -0.39 is 8.80 Å². The van der Waals surface area contributed by atoms with E-state index in [0.717, 1.165) is 0 Å². The Morgan fingerprint density at radius 2 is 1.67 bits per heavy atom. The highest BCUT2D eigenvalue weighted by Gasteiger charge is 2.37. The van der Waals surface area contributed by atoms with Crippen molar-refractivity contribution >= 4 is 14.6 Å². The summed E-state index contributed by atoms with van der Waals surface area (Å²) >= 11 is 0. The van der Waals surface area contributed by atoms with E-state index in [-0.39, 0.29) is 11.5 Å². The van der Waals surface area contributed by atoms with Gasteiger partial charge in [-0.2, -0.15) is 0 Å². The second-order valence-corrected chi connectivity index (χ2v) is 5.96. The van der Waals surface area contributed by atoms with Gasteiger partial charge in [-0.1, -0.05) is 6.58 Å². The van der Waals surface area contributed by atoms with Gasteiger partial charge < -0.3 is 18.0 Å². The maximum absolute atomic E-state index is 10.8. The molecule has 0 bridgehead atoms. The quantitative estimate of drug-likeness (QED) is 0.356. The maximum atomic E-state index is 10.8. The summed E-state index contributed by atoms with van der Waals surface area (Å²) in [4.78, 5) is 10.8. The number of carbonyl (C=O) groups excluding carboxylic acids is 1. The molecular formula is C9H18O5Si. The molecule has 0 amide bonds. The number of carbonyl (C=O) groups is 1. The third kappa shape index (κ3) is 4.56. The van der Waals surface area contributed by atoms with E-state index in [1.807, 2.05) is 0 Å². The van der Waals surface area contributed by atoms with Crippen LogP contribution in [0.25, 0.3) is 0 Å². The number of hydrogen-bond donors (Lipinski definition) is 0. The summed E-state index contributed by atoms with van der Waals surface area (Å²) < 4.78 is 20.7. The SMILES string of the molecule is C=C(OCC[Si](OC)(OC)OC)C(C)=O. The molecule has 0 aliphatic heterocycles. The summed E-state index contributed by atoms with van der Waals surface area (Å²) in [6, 6.07) is 0.475. The van der Waals surface area contributed by atoms with Crippen LogP contribution in [0.4, 0.5) is 0 Å². The van der Waals surface area contributed by atoms with Crippen LogP contribution in [-0.2, 0) is 22.8 Å². The molecule has 0 radical (unpaired) electrons. The van der Waals surface area contributed by atoms with Crippen molar-refractivity contribution in [3.05, 3.63) is 12.3 Å². The van der Waals surface area contributed by atoms with Gasteiger partial charge in [0.25, 0.3) is 0 Å². The number of allylic oxidation sites excluding steroid dienone is 1. The zero-order valence-corrected chi connectivity index (χ0v) is 10.7. The molecule has 0 fully saturated rings. The topological polar surface area (TPSA) is 54.0 Å². The normalized spacial score (nSPS) is 11.2. The average Bonchev–Trinajstić information content (AvgIpc) is 2.24. The van der Waals surface area contributed by atoms with Crippen molar-refractivity contribution in [2.45, 2.75) is 13.0 Å². The van der Waals surface area contributed by atoms with Gasteiger partial charge in [0.05, 0.1) is 12.7 Å². The molecule has 0 spiro atoms. The van der Waals surface area contributed by atoms with E-state index >= 15 is 0 Å². The highest BCUT2D eigenvalue weighted by Crippen LogP contribution is 2.13. The van der Waals surface area contributed by atoms with E-state index in [1.165, 1.54) is 28.3 Å². The number of hydrogen-bond acceptors (Lipinski definition) is 5. The van der Waals surface area contributed by atoms with Gasteiger partial charge in [0, 0.05) is 28.3 Å². The lowest BCUT2D eigenvalue weighted by Gasteiger charge is -2.24. The standard InChI is InChI=1S/C9H18O5Si/c1-8(10)9(2)14-6-7-15(11-3,12-4)13-5/h2,6-7H2,1,3-5H3. The second-order valence-electron chi connectivity index (χ2n) is 2.87. The second kappa shape index (κ2) is 6.73. The number of ketones is 1. The first-order chi connectivity index (χ1) is 7.01. The molecule has 0 atom stereocenters. The Balaban J connectivity index is 4.02. The molecule has 0 unspecified atom stereocenters. The highest BCUT2D eigenvalue weighted by molar-refractivity contribution is 6.60. The lowest BCUT2D eigenvalue weighted by Crippen LogP contribution is -2.43. The first kappa shape index (κ1) is 14.3. The lowest BCUT2D eigenvalue weighted by molar-refractivity contribution is -0.116. The zero-order chi connectivity index (χ0) is 11.9. The van der Waals surface area contributed by atoms with Gasteiger partial charge in [-0.15, -0.1) is 0 Å². The molecule has 5 nitrogen and oxygen atoms in total. The third-order valence-corrected chi connectivity index (χ3v) is 4.69. The summed E-state index contributed by atoms with van der Waals surface area (Å²) in [6.45, 7) is 5.16. The monoisotopic (exact) mass is 234 g/mol. The largest absolute Gasteiger partial charge is 0.503 e. The van der Waals surface area contributed by atoms with Gasteiger partial charge >= 0.3 is 8.80 Å². The van der Waals surface area contributed by atoms with Gasteiger partial charge in [-0.3, -0.25) is 4.79 Å². The highest BCUT2D eigenvalue weighted by atomic mass is 28.4. The fourth-order valence-corrected chi connectivity index (χ4v) is 2.42. The fourth-order valence-electron chi connectivity index (χ4n) is 0.957. The zero-order valence-electron chi connectivity index (χ0n) is 9.66. The van der Waals surface area contributed by atoms with E-state index in [1.54, 1.807) is 0 Å². The molecule has 88 valence electrons. The Bertz CT molecular complexity index is 216. The predicted molar refractivity (Wildman–Crippen MR) is 57.4 cm³/mol. The Hall–Kier alpha value is -0.693. The first-order valence-corrected chi connectivity index (χ1v) is 6.42. The van der Waals surface area contributed by atoms with Crippen LogP contribution in [0.1, 0.15) is 6.92 Å². The molecule has 15 heavy (non-hydrogen) atoms. The molecule has 0 heterocycles. The Labute approximate surface area is 91.3 Å². The predicted octanol–water partition coefficient (Wildman–Crippen LogP) is 0.984. The van der Waals surface area contributed by atoms with Crippen LogP contribution in [0.5, 0.6) is 0 Å². The molecule has 6 heteroatoms. The van der Waals surface area contributed by atoms with Crippen LogP contribution in [0, 0.1) is 0 Å². The minimum atomic E-state index is -2.60. The summed E-state index contributed by atoms with van der Waals surface area (Å²) in [5.41, 5.74) is 0. The van der Waals surface area contributed by atoms with Crippen molar-refractivity contribution in [3.8, 4) is 0 Å². The molecule has 0 aromatic carbocycles. The number of ether oxygens (including phenoxy) is 1. The van der Waals surface area contributed by atoms with Crippen molar-refractivity contribution in [1.82, 2.24) is 0 Å². The van der Waals surface area contributed by atoms with Gasteiger partial charge in [-0.25, -0.2) is 0 Å².